The lowest BCUT2D eigenvalue weighted by Crippen LogP contribution is -2.15. The molecule has 1 fully saturated rings. The number of benzene rings is 3. The second kappa shape index (κ2) is 9.13. The van der Waals surface area contributed by atoms with Crippen LogP contribution >= 0.6 is 0 Å². The standard InChI is InChI=1S/C26H28O3/c27-26(28)15-11-19-10-14-25(29-18-20-6-2-1-3-7-20)24(16-19)23-13-12-21-8-4-5-9-22(21)17-23/h4-5,8-10,12-14,16-17,20H,1-3,6-7,11,15,18H2,(H,27,28). The molecule has 0 spiro atoms. The fourth-order valence-electron chi connectivity index (χ4n) is 4.25. The Hall–Kier alpha value is -2.81. The number of hydrogen-bond acceptors (Lipinski definition) is 2. The van der Waals surface area contributed by atoms with E-state index in [-0.39, 0.29) is 6.42 Å². The lowest BCUT2D eigenvalue weighted by atomic mass is 9.90. The maximum atomic E-state index is 11.0. The van der Waals surface area contributed by atoms with Crippen LogP contribution in [-0.2, 0) is 11.2 Å². The molecule has 29 heavy (non-hydrogen) atoms. The monoisotopic (exact) mass is 388 g/mol. The highest BCUT2D eigenvalue weighted by atomic mass is 16.5. The van der Waals surface area contributed by atoms with Crippen LogP contribution < -0.4 is 4.74 Å². The first-order valence-corrected chi connectivity index (χ1v) is 10.7. The Kier molecular flexibility index (Phi) is 6.14. The Morgan fingerprint density at radius 2 is 1.72 bits per heavy atom. The van der Waals surface area contributed by atoms with E-state index in [2.05, 4.69) is 42.5 Å². The van der Waals surface area contributed by atoms with Crippen molar-refractivity contribution in [1.82, 2.24) is 0 Å². The summed E-state index contributed by atoms with van der Waals surface area (Å²) < 4.78 is 6.31. The molecular weight excluding hydrogens is 360 g/mol. The molecule has 3 nitrogen and oxygen atoms in total. The molecule has 150 valence electrons. The second-order valence-corrected chi connectivity index (χ2v) is 8.10. The third kappa shape index (κ3) is 4.97. The first-order valence-electron chi connectivity index (χ1n) is 10.7. The Bertz CT molecular complexity index is 986. The van der Waals surface area contributed by atoms with E-state index in [1.165, 1.54) is 42.9 Å². The second-order valence-electron chi connectivity index (χ2n) is 8.10. The van der Waals surface area contributed by atoms with Gasteiger partial charge < -0.3 is 9.84 Å². The van der Waals surface area contributed by atoms with Gasteiger partial charge in [0.05, 0.1) is 6.61 Å². The third-order valence-corrected chi connectivity index (χ3v) is 5.93. The zero-order valence-electron chi connectivity index (χ0n) is 16.8. The summed E-state index contributed by atoms with van der Waals surface area (Å²) in [5.41, 5.74) is 3.19. The van der Waals surface area contributed by atoms with Gasteiger partial charge in [-0.15, -0.1) is 0 Å². The SMILES string of the molecule is O=C(O)CCc1ccc(OCC2CCCCC2)c(-c2ccc3ccccc3c2)c1. The van der Waals surface area contributed by atoms with Gasteiger partial charge in [0.15, 0.2) is 0 Å². The summed E-state index contributed by atoms with van der Waals surface area (Å²) in [5, 5.41) is 11.4. The molecule has 1 aliphatic carbocycles. The molecule has 0 heterocycles. The largest absolute Gasteiger partial charge is 0.493 e. The van der Waals surface area contributed by atoms with E-state index in [4.69, 9.17) is 9.84 Å². The third-order valence-electron chi connectivity index (χ3n) is 5.93. The smallest absolute Gasteiger partial charge is 0.303 e. The van der Waals surface area contributed by atoms with Crippen LogP contribution in [0, 0.1) is 5.92 Å². The number of aliphatic carboxylic acids is 1. The molecule has 0 bridgehead atoms. The van der Waals surface area contributed by atoms with E-state index in [0.717, 1.165) is 29.0 Å². The van der Waals surface area contributed by atoms with Crippen molar-refractivity contribution in [2.75, 3.05) is 6.61 Å². The number of carboxylic acid groups (broad SMARTS) is 1. The fourth-order valence-corrected chi connectivity index (χ4v) is 4.25. The van der Waals surface area contributed by atoms with E-state index in [9.17, 15) is 4.79 Å². The highest BCUT2D eigenvalue weighted by Gasteiger charge is 2.16. The van der Waals surface area contributed by atoms with Crippen LogP contribution in [0.2, 0.25) is 0 Å². The average Bonchev–Trinajstić information content (AvgIpc) is 2.77. The Balaban J connectivity index is 1.64. The van der Waals surface area contributed by atoms with Gasteiger partial charge in [-0.1, -0.05) is 61.7 Å². The first-order chi connectivity index (χ1) is 14.2. The quantitative estimate of drug-likeness (QED) is 0.504. The lowest BCUT2D eigenvalue weighted by molar-refractivity contribution is -0.136. The van der Waals surface area contributed by atoms with Crippen LogP contribution in [0.5, 0.6) is 5.75 Å². The van der Waals surface area contributed by atoms with E-state index < -0.39 is 5.97 Å². The summed E-state index contributed by atoms with van der Waals surface area (Å²) in [6.07, 6.45) is 7.12. The summed E-state index contributed by atoms with van der Waals surface area (Å²) in [6, 6.07) is 20.9. The zero-order chi connectivity index (χ0) is 20.1. The molecule has 1 aliphatic rings. The Labute approximate surface area is 172 Å². The molecule has 3 aromatic carbocycles. The van der Waals surface area contributed by atoms with Crippen molar-refractivity contribution in [1.29, 1.82) is 0 Å². The summed E-state index contributed by atoms with van der Waals surface area (Å²) in [7, 11) is 0. The molecule has 0 aromatic heterocycles. The minimum absolute atomic E-state index is 0.138. The zero-order valence-corrected chi connectivity index (χ0v) is 16.8. The van der Waals surface area contributed by atoms with Gasteiger partial charge in [-0.05, 0) is 65.3 Å². The van der Waals surface area contributed by atoms with Gasteiger partial charge in [0.25, 0.3) is 0 Å². The average molecular weight is 389 g/mol. The highest BCUT2D eigenvalue weighted by molar-refractivity contribution is 5.88. The number of fused-ring (bicyclic) bond motifs is 1. The Morgan fingerprint density at radius 1 is 0.931 bits per heavy atom. The van der Waals surface area contributed by atoms with Gasteiger partial charge in [0.2, 0.25) is 0 Å². The van der Waals surface area contributed by atoms with Crippen molar-refractivity contribution in [3.05, 3.63) is 66.2 Å². The molecule has 0 saturated heterocycles. The maximum absolute atomic E-state index is 11.0. The number of hydrogen-bond donors (Lipinski definition) is 1. The van der Waals surface area contributed by atoms with Gasteiger partial charge in [0.1, 0.15) is 5.75 Å². The normalized spacial score (nSPS) is 14.8. The molecule has 1 saturated carbocycles. The van der Waals surface area contributed by atoms with Crippen LogP contribution in [0.25, 0.3) is 21.9 Å². The first kappa shape index (κ1) is 19.5. The van der Waals surface area contributed by atoms with Gasteiger partial charge in [-0.2, -0.15) is 0 Å². The van der Waals surface area contributed by atoms with Gasteiger partial charge in [0, 0.05) is 12.0 Å². The van der Waals surface area contributed by atoms with Crippen LogP contribution in [-0.4, -0.2) is 17.7 Å². The molecular formula is C26H28O3. The molecule has 0 amide bonds. The topological polar surface area (TPSA) is 46.5 Å². The van der Waals surface area contributed by atoms with E-state index in [0.29, 0.717) is 12.3 Å². The van der Waals surface area contributed by atoms with Crippen molar-refractivity contribution in [3.63, 3.8) is 0 Å². The van der Waals surface area contributed by atoms with Crippen molar-refractivity contribution in [3.8, 4) is 16.9 Å². The van der Waals surface area contributed by atoms with E-state index in [1.54, 1.807) is 0 Å². The Morgan fingerprint density at radius 3 is 2.52 bits per heavy atom. The van der Waals surface area contributed by atoms with Crippen LogP contribution in [0.1, 0.15) is 44.1 Å². The minimum Gasteiger partial charge on any atom is -0.493 e. The van der Waals surface area contributed by atoms with Gasteiger partial charge in [-0.25, -0.2) is 0 Å². The molecule has 1 N–H and O–H groups in total. The van der Waals surface area contributed by atoms with Crippen molar-refractivity contribution in [2.24, 2.45) is 5.92 Å². The summed E-state index contributed by atoms with van der Waals surface area (Å²) in [6.45, 7) is 0.759. The molecule has 0 radical (unpaired) electrons. The van der Waals surface area contributed by atoms with Crippen molar-refractivity contribution < 1.29 is 14.6 Å². The van der Waals surface area contributed by atoms with Crippen LogP contribution in [0.15, 0.2) is 60.7 Å². The number of carbonyl (C=O) groups is 1. The predicted molar refractivity (Wildman–Crippen MR) is 117 cm³/mol. The number of carboxylic acids is 1. The highest BCUT2D eigenvalue weighted by Crippen LogP contribution is 2.34. The lowest BCUT2D eigenvalue weighted by Gasteiger charge is -2.23. The predicted octanol–water partition coefficient (Wildman–Crippen LogP) is 6.48. The number of ether oxygens (including phenoxy) is 1. The number of rotatable bonds is 7. The van der Waals surface area contributed by atoms with Crippen molar-refractivity contribution in [2.45, 2.75) is 44.9 Å². The fraction of sp³-hybridized carbons (Fsp3) is 0.346. The van der Waals surface area contributed by atoms with Gasteiger partial charge in [-0.3, -0.25) is 4.79 Å². The molecule has 0 atom stereocenters. The minimum atomic E-state index is -0.769. The maximum Gasteiger partial charge on any atom is 0.303 e. The molecule has 0 aliphatic heterocycles. The summed E-state index contributed by atoms with van der Waals surface area (Å²) in [4.78, 5) is 11.0. The van der Waals surface area contributed by atoms with E-state index in [1.807, 2.05) is 18.2 Å². The molecule has 0 unspecified atom stereocenters. The molecule has 3 heteroatoms. The van der Waals surface area contributed by atoms with E-state index >= 15 is 0 Å². The van der Waals surface area contributed by atoms with Crippen LogP contribution in [0.4, 0.5) is 0 Å². The van der Waals surface area contributed by atoms with Crippen LogP contribution in [0.3, 0.4) is 0 Å². The number of aryl methyl sites for hydroxylation is 1. The summed E-state index contributed by atoms with van der Waals surface area (Å²) >= 11 is 0. The van der Waals surface area contributed by atoms with Crippen molar-refractivity contribution >= 4 is 16.7 Å². The van der Waals surface area contributed by atoms with Gasteiger partial charge >= 0.3 is 5.97 Å². The molecule has 3 aromatic rings. The molecule has 4 rings (SSSR count). The summed E-state index contributed by atoms with van der Waals surface area (Å²) in [5.74, 6) is 0.764.